The smallest absolute Gasteiger partial charge is 0.227 e. The Balaban J connectivity index is 2.74. The van der Waals surface area contributed by atoms with Crippen LogP contribution in [0.4, 0.5) is 11.8 Å². The zero-order chi connectivity index (χ0) is 11.0. The molecule has 1 heterocycles. The number of anilines is 2. The monoisotopic (exact) mass is 222 g/mol. The van der Waals surface area contributed by atoms with Crippen molar-refractivity contribution in [1.29, 1.82) is 0 Å². The minimum Gasteiger partial charge on any atom is -0.383 e. The van der Waals surface area contributed by atoms with E-state index < -0.39 is 0 Å². The van der Waals surface area contributed by atoms with Crippen LogP contribution in [0.1, 0.15) is 0 Å². The number of aromatic nitrogens is 2. The molecule has 0 aliphatic heterocycles. The highest BCUT2D eigenvalue weighted by Crippen LogP contribution is 2.23. The number of benzene rings is 1. The molecule has 0 fully saturated rings. The SMILES string of the molecule is CN(C)c1nc(N)c2ccc(Cl)cc2n1. The minimum absolute atomic E-state index is 0.473. The fourth-order valence-corrected chi connectivity index (χ4v) is 1.48. The summed E-state index contributed by atoms with van der Waals surface area (Å²) in [6.07, 6.45) is 0. The molecule has 5 heteroatoms. The van der Waals surface area contributed by atoms with Crippen molar-refractivity contribution >= 4 is 34.3 Å². The van der Waals surface area contributed by atoms with Crippen molar-refractivity contribution < 1.29 is 0 Å². The summed E-state index contributed by atoms with van der Waals surface area (Å²) >= 11 is 5.89. The number of rotatable bonds is 1. The van der Waals surface area contributed by atoms with E-state index in [9.17, 15) is 0 Å². The highest BCUT2D eigenvalue weighted by molar-refractivity contribution is 6.31. The van der Waals surface area contributed by atoms with Gasteiger partial charge in [-0.15, -0.1) is 0 Å². The summed E-state index contributed by atoms with van der Waals surface area (Å²) in [5.41, 5.74) is 6.59. The first-order chi connectivity index (χ1) is 7.08. The van der Waals surface area contributed by atoms with Crippen LogP contribution in [0.25, 0.3) is 10.9 Å². The fourth-order valence-electron chi connectivity index (χ4n) is 1.31. The lowest BCUT2D eigenvalue weighted by Gasteiger charge is -2.11. The number of fused-ring (bicyclic) bond motifs is 1. The van der Waals surface area contributed by atoms with E-state index in [2.05, 4.69) is 9.97 Å². The molecule has 0 atom stereocenters. The van der Waals surface area contributed by atoms with Gasteiger partial charge in [-0.1, -0.05) is 11.6 Å². The first-order valence-electron chi connectivity index (χ1n) is 4.48. The van der Waals surface area contributed by atoms with Crippen LogP contribution in [-0.4, -0.2) is 24.1 Å². The molecule has 78 valence electrons. The number of nitrogens with two attached hydrogens (primary N) is 1. The van der Waals surface area contributed by atoms with E-state index in [0.29, 0.717) is 16.8 Å². The van der Waals surface area contributed by atoms with Crippen molar-refractivity contribution in [3.63, 3.8) is 0 Å². The summed E-state index contributed by atoms with van der Waals surface area (Å²) in [6, 6.07) is 5.38. The maximum atomic E-state index is 5.89. The van der Waals surface area contributed by atoms with Crippen LogP contribution >= 0.6 is 11.6 Å². The van der Waals surface area contributed by atoms with Crippen LogP contribution in [0.15, 0.2) is 18.2 Å². The Kier molecular flexibility index (Phi) is 2.36. The number of hydrogen-bond donors (Lipinski definition) is 1. The van der Waals surface area contributed by atoms with Crippen molar-refractivity contribution in [1.82, 2.24) is 9.97 Å². The standard InChI is InChI=1S/C10H11ClN4/c1-15(2)10-13-8-5-6(11)3-4-7(8)9(12)14-10/h3-5H,1-2H3,(H2,12,13,14). The summed E-state index contributed by atoms with van der Waals surface area (Å²) in [5, 5.41) is 1.47. The van der Waals surface area contributed by atoms with Crippen molar-refractivity contribution in [3.8, 4) is 0 Å². The Morgan fingerprint density at radius 3 is 2.67 bits per heavy atom. The van der Waals surface area contributed by atoms with Gasteiger partial charge in [0.2, 0.25) is 5.95 Å². The Bertz CT molecular complexity index is 510. The third kappa shape index (κ3) is 1.80. The normalized spacial score (nSPS) is 10.6. The molecule has 1 aromatic carbocycles. The molecule has 0 spiro atoms. The van der Waals surface area contributed by atoms with Crippen LogP contribution < -0.4 is 10.6 Å². The predicted molar refractivity (Wildman–Crippen MR) is 63.3 cm³/mol. The molecule has 0 radical (unpaired) electrons. The number of nitrogens with zero attached hydrogens (tertiary/aromatic N) is 3. The van der Waals surface area contributed by atoms with Gasteiger partial charge in [0.25, 0.3) is 0 Å². The average Bonchev–Trinajstić information content (AvgIpc) is 2.16. The van der Waals surface area contributed by atoms with Gasteiger partial charge >= 0.3 is 0 Å². The van der Waals surface area contributed by atoms with Gasteiger partial charge in [-0.2, -0.15) is 4.98 Å². The Morgan fingerprint density at radius 1 is 1.27 bits per heavy atom. The lowest BCUT2D eigenvalue weighted by Crippen LogP contribution is -2.13. The lowest BCUT2D eigenvalue weighted by molar-refractivity contribution is 1.02. The van der Waals surface area contributed by atoms with Gasteiger partial charge < -0.3 is 10.6 Å². The van der Waals surface area contributed by atoms with Gasteiger partial charge in [0.15, 0.2) is 0 Å². The molecule has 2 rings (SSSR count). The summed E-state index contributed by atoms with van der Waals surface area (Å²) in [5.74, 6) is 1.06. The van der Waals surface area contributed by atoms with Crippen molar-refractivity contribution in [2.24, 2.45) is 0 Å². The molecule has 0 aliphatic carbocycles. The molecular weight excluding hydrogens is 212 g/mol. The van der Waals surface area contributed by atoms with Crippen molar-refractivity contribution in [2.75, 3.05) is 24.7 Å². The summed E-state index contributed by atoms with van der Waals surface area (Å²) < 4.78 is 0. The zero-order valence-electron chi connectivity index (χ0n) is 8.53. The molecule has 0 saturated carbocycles. The Labute approximate surface area is 92.7 Å². The Hall–Kier alpha value is -1.55. The molecule has 2 aromatic rings. The van der Waals surface area contributed by atoms with E-state index in [4.69, 9.17) is 17.3 Å². The lowest BCUT2D eigenvalue weighted by atomic mass is 10.2. The summed E-state index contributed by atoms with van der Waals surface area (Å²) in [7, 11) is 3.73. The van der Waals surface area contributed by atoms with Gasteiger partial charge in [-0.25, -0.2) is 4.98 Å². The second-order valence-electron chi connectivity index (χ2n) is 3.46. The third-order valence-electron chi connectivity index (χ3n) is 2.08. The molecule has 0 aliphatic rings. The Morgan fingerprint density at radius 2 is 2.00 bits per heavy atom. The van der Waals surface area contributed by atoms with Crippen LogP contribution in [0, 0.1) is 0 Å². The average molecular weight is 223 g/mol. The first kappa shape index (κ1) is 9.98. The highest BCUT2D eigenvalue weighted by atomic mass is 35.5. The van der Waals surface area contributed by atoms with Crippen LogP contribution in [0.2, 0.25) is 5.02 Å². The highest BCUT2D eigenvalue weighted by Gasteiger charge is 2.06. The third-order valence-corrected chi connectivity index (χ3v) is 2.31. The molecule has 0 amide bonds. The largest absolute Gasteiger partial charge is 0.383 e. The second kappa shape index (κ2) is 3.55. The van der Waals surface area contributed by atoms with Gasteiger partial charge in [-0.05, 0) is 18.2 Å². The fraction of sp³-hybridized carbons (Fsp3) is 0.200. The van der Waals surface area contributed by atoms with Crippen molar-refractivity contribution in [2.45, 2.75) is 0 Å². The quantitative estimate of drug-likeness (QED) is 0.801. The van der Waals surface area contributed by atoms with E-state index >= 15 is 0 Å². The summed E-state index contributed by atoms with van der Waals surface area (Å²) in [4.78, 5) is 10.3. The molecule has 4 nitrogen and oxygen atoms in total. The number of hydrogen-bond acceptors (Lipinski definition) is 4. The van der Waals surface area contributed by atoms with Gasteiger partial charge in [0.1, 0.15) is 5.82 Å². The predicted octanol–water partition coefficient (Wildman–Crippen LogP) is 1.93. The maximum Gasteiger partial charge on any atom is 0.227 e. The van der Waals surface area contributed by atoms with Crippen LogP contribution in [0.5, 0.6) is 0 Å². The second-order valence-corrected chi connectivity index (χ2v) is 3.90. The molecule has 15 heavy (non-hydrogen) atoms. The van der Waals surface area contributed by atoms with Crippen molar-refractivity contribution in [3.05, 3.63) is 23.2 Å². The van der Waals surface area contributed by atoms with Gasteiger partial charge in [0.05, 0.1) is 5.52 Å². The minimum atomic E-state index is 0.473. The topological polar surface area (TPSA) is 55.0 Å². The summed E-state index contributed by atoms with van der Waals surface area (Å²) in [6.45, 7) is 0. The van der Waals surface area contributed by atoms with E-state index in [0.717, 1.165) is 10.9 Å². The number of halogens is 1. The molecule has 0 bridgehead atoms. The van der Waals surface area contributed by atoms with Gasteiger partial charge in [0, 0.05) is 24.5 Å². The van der Waals surface area contributed by atoms with E-state index in [1.54, 1.807) is 17.0 Å². The molecule has 2 N–H and O–H groups in total. The van der Waals surface area contributed by atoms with E-state index in [1.807, 2.05) is 20.2 Å². The zero-order valence-corrected chi connectivity index (χ0v) is 9.28. The molecule has 0 saturated heterocycles. The van der Waals surface area contributed by atoms with E-state index in [1.165, 1.54) is 0 Å². The molecule has 1 aromatic heterocycles. The van der Waals surface area contributed by atoms with Crippen LogP contribution in [0.3, 0.4) is 0 Å². The van der Waals surface area contributed by atoms with Gasteiger partial charge in [-0.3, -0.25) is 0 Å². The van der Waals surface area contributed by atoms with Crippen LogP contribution in [-0.2, 0) is 0 Å². The molecular formula is C10H11ClN4. The number of nitrogen functional groups attached to an aromatic ring is 1. The first-order valence-corrected chi connectivity index (χ1v) is 4.86. The molecule has 0 unspecified atom stereocenters. The van der Waals surface area contributed by atoms with E-state index in [-0.39, 0.29) is 0 Å². The maximum absolute atomic E-state index is 5.89.